The van der Waals surface area contributed by atoms with Crippen molar-refractivity contribution in [1.82, 2.24) is 5.32 Å². The molecule has 0 bridgehead atoms. The van der Waals surface area contributed by atoms with Crippen LogP contribution in [-0.2, 0) is 0 Å². The molecule has 0 aliphatic rings. The van der Waals surface area contributed by atoms with E-state index >= 15 is 0 Å². The Balaban J connectivity index is 2.20. The molecular formula is C9H15NOS. The highest BCUT2D eigenvalue weighted by atomic mass is 32.2. The third-order valence-electron chi connectivity index (χ3n) is 1.60. The predicted octanol–water partition coefficient (Wildman–Crippen LogP) is 2.29. The van der Waals surface area contributed by atoms with E-state index in [4.69, 9.17) is 4.42 Å². The number of hydrogen-bond acceptors (Lipinski definition) is 3. The van der Waals surface area contributed by atoms with Gasteiger partial charge in [-0.05, 0) is 19.5 Å². The van der Waals surface area contributed by atoms with Crippen LogP contribution >= 0.6 is 11.8 Å². The normalized spacial score (nSPS) is 10.5. The maximum absolute atomic E-state index is 5.18. The van der Waals surface area contributed by atoms with Crippen molar-refractivity contribution in [2.24, 2.45) is 0 Å². The third-order valence-corrected chi connectivity index (χ3v) is 2.74. The Labute approximate surface area is 77.7 Å². The molecule has 1 aromatic heterocycles. The number of hydrogen-bond donors (Lipinski definition) is 1. The van der Waals surface area contributed by atoms with E-state index in [1.165, 1.54) is 4.90 Å². The van der Waals surface area contributed by atoms with Crippen molar-refractivity contribution in [3.8, 4) is 0 Å². The maximum Gasteiger partial charge on any atom is 0.114 e. The molecule has 0 saturated heterocycles. The van der Waals surface area contributed by atoms with Crippen LogP contribution in [0.4, 0.5) is 0 Å². The largest absolute Gasteiger partial charge is 0.468 e. The number of aryl methyl sites for hydroxylation is 1. The summed E-state index contributed by atoms with van der Waals surface area (Å²) >= 11 is 1.84. The number of nitrogens with one attached hydrogen (secondary N) is 1. The molecule has 0 fully saturated rings. The van der Waals surface area contributed by atoms with Crippen molar-refractivity contribution < 1.29 is 4.42 Å². The van der Waals surface area contributed by atoms with E-state index in [1.807, 2.05) is 24.8 Å². The predicted molar refractivity (Wildman–Crippen MR) is 52.7 cm³/mol. The first-order valence-corrected chi connectivity index (χ1v) is 5.20. The van der Waals surface area contributed by atoms with Gasteiger partial charge in [0.25, 0.3) is 0 Å². The van der Waals surface area contributed by atoms with Gasteiger partial charge in [-0.1, -0.05) is 6.92 Å². The summed E-state index contributed by atoms with van der Waals surface area (Å²) < 4.78 is 5.18. The quantitative estimate of drug-likeness (QED) is 0.563. The Kier molecular flexibility index (Phi) is 4.25. The van der Waals surface area contributed by atoms with E-state index in [9.17, 15) is 0 Å². The van der Waals surface area contributed by atoms with Crippen molar-refractivity contribution >= 4 is 11.8 Å². The van der Waals surface area contributed by atoms with Gasteiger partial charge < -0.3 is 9.73 Å². The second-order valence-corrected chi connectivity index (χ2v) is 3.68. The fraction of sp³-hybridized carbons (Fsp3) is 0.556. The van der Waals surface area contributed by atoms with Gasteiger partial charge in [0.15, 0.2) is 0 Å². The van der Waals surface area contributed by atoms with Gasteiger partial charge in [-0.15, -0.1) is 11.8 Å². The first-order valence-electron chi connectivity index (χ1n) is 4.22. The van der Waals surface area contributed by atoms with Crippen molar-refractivity contribution in [1.29, 1.82) is 0 Å². The zero-order chi connectivity index (χ0) is 8.81. The van der Waals surface area contributed by atoms with Crippen LogP contribution < -0.4 is 5.32 Å². The van der Waals surface area contributed by atoms with Crippen LogP contribution in [-0.4, -0.2) is 18.8 Å². The van der Waals surface area contributed by atoms with E-state index < -0.39 is 0 Å². The summed E-state index contributed by atoms with van der Waals surface area (Å²) in [6, 6.07) is 2.02. The second-order valence-electron chi connectivity index (χ2n) is 2.54. The first kappa shape index (κ1) is 9.68. The number of rotatable bonds is 5. The lowest BCUT2D eigenvalue weighted by Crippen LogP contribution is -2.15. The van der Waals surface area contributed by atoms with Gasteiger partial charge in [0.05, 0.1) is 6.26 Å². The molecule has 1 aromatic rings. The Morgan fingerprint density at radius 3 is 3.00 bits per heavy atom. The van der Waals surface area contributed by atoms with Crippen molar-refractivity contribution in [2.45, 2.75) is 18.7 Å². The molecule has 0 atom stereocenters. The lowest BCUT2D eigenvalue weighted by Gasteiger charge is -1.99. The van der Waals surface area contributed by atoms with Gasteiger partial charge in [-0.2, -0.15) is 0 Å². The molecule has 1 N–H and O–H groups in total. The molecule has 0 aliphatic heterocycles. The Morgan fingerprint density at radius 1 is 1.58 bits per heavy atom. The van der Waals surface area contributed by atoms with Gasteiger partial charge in [0, 0.05) is 17.2 Å². The van der Waals surface area contributed by atoms with Crippen LogP contribution in [0.3, 0.4) is 0 Å². The summed E-state index contributed by atoms with van der Waals surface area (Å²) in [5.41, 5.74) is 0. The molecule has 3 heteroatoms. The fourth-order valence-electron chi connectivity index (χ4n) is 0.933. The van der Waals surface area contributed by atoms with E-state index in [0.717, 1.165) is 24.6 Å². The van der Waals surface area contributed by atoms with Crippen molar-refractivity contribution in [3.63, 3.8) is 0 Å². The minimum absolute atomic E-state index is 1.02. The van der Waals surface area contributed by atoms with Crippen LogP contribution in [0.5, 0.6) is 0 Å². The molecule has 12 heavy (non-hydrogen) atoms. The minimum Gasteiger partial charge on any atom is -0.468 e. The molecule has 0 spiro atoms. The van der Waals surface area contributed by atoms with Gasteiger partial charge in [0.1, 0.15) is 5.76 Å². The first-order chi connectivity index (χ1) is 5.84. The fourth-order valence-corrected chi connectivity index (χ4v) is 1.80. The Morgan fingerprint density at radius 2 is 2.42 bits per heavy atom. The summed E-state index contributed by atoms with van der Waals surface area (Å²) in [7, 11) is 0. The monoisotopic (exact) mass is 185 g/mol. The minimum atomic E-state index is 1.02. The van der Waals surface area contributed by atoms with E-state index in [2.05, 4.69) is 12.2 Å². The molecule has 0 radical (unpaired) electrons. The zero-order valence-electron chi connectivity index (χ0n) is 7.59. The summed E-state index contributed by atoms with van der Waals surface area (Å²) in [5.74, 6) is 2.13. The molecule has 1 rings (SSSR count). The molecule has 1 heterocycles. The zero-order valence-corrected chi connectivity index (χ0v) is 8.41. The molecule has 0 unspecified atom stereocenters. The van der Waals surface area contributed by atoms with Crippen LogP contribution in [0.1, 0.15) is 12.7 Å². The van der Waals surface area contributed by atoms with Crippen LogP contribution in [0.15, 0.2) is 21.6 Å². The highest BCUT2D eigenvalue weighted by Gasteiger charge is 1.99. The third kappa shape index (κ3) is 2.91. The highest BCUT2D eigenvalue weighted by molar-refractivity contribution is 7.99. The van der Waals surface area contributed by atoms with Crippen molar-refractivity contribution in [2.75, 3.05) is 18.8 Å². The SMILES string of the molecule is CCNCCSc1ccoc1C. The summed E-state index contributed by atoms with van der Waals surface area (Å²) in [6.07, 6.45) is 1.74. The van der Waals surface area contributed by atoms with Gasteiger partial charge in [-0.25, -0.2) is 0 Å². The van der Waals surface area contributed by atoms with Crippen LogP contribution in [0.2, 0.25) is 0 Å². The summed E-state index contributed by atoms with van der Waals surface area (Å²) in [4.78, 5) is 1.26. The molecule has 68 valence electrons. The molecular weight excluding hydrogens is 170 g/mol. The molecule has 0 saturated carbocycles. The Bertz CT molecular complexity index is 222. The average Bonchev–Trinajstić information content (AvgIpc) is 2.46. The Hall–Kier alpha value is -0.410. The smallest absolute Gasteiger partial charge is 0.114 e. The lowest BCUT2D eigenvalue weighted by molar-refractivity contribution is 0.527. The number of furan rings is 1. The average molecular weight is 185 g/mol. The van der Waals surface area contributed by atoms with E-state index in [1.54, 1.807) is 6.26 Å². The number of thioether (sulfide) groups is 1. The van der Waals surface area contributed by atoms with Gasteiger partial charge >= 0.3 is 0 Å². The maximum atomic E-state index is 5.18. The summed E-state index contributed by atoms with van der Waals surface area (Å²) in [6.45, 7) is 6.22. The molecule has 0 aromatic carbocycles. The van der Waals surface area contributed by atoms with E-state index in [-0.39, 0.29) is 0 Å². The van der Waals surface area contributed by atoms with E-state index in [0.29, 0.717) is 0 Å². The highest BCUT2D eigenvalue weighted by Crippen LogP contribution is 2.22. The molecule has 0 aliphatic carbocycles. The second kappa shape index (κ2) is 5.27. The van der Waals surface area contributed by atoms with Gasteiger partial charge in [0.2, 0.25) is 0 Å². The summed E-state index contributed by atoms with van der Waals surface area (Å²) in [5, 5.41) is 3.28. The lowest BCUT2D eigenvalue weighted by atomic mass is 10.5. The van der Waals surface area contributed by atoms with Crippen LogP contribution in [0.25, 0.3) is 0 Å². The topological polar surface area (TPSA) is 25.2 Å². The van der Waals surface area contributed by atoms with Gasteiger partial charge in [-0.3, -0.25) is 0 Å². The van der Waals surface area contributed by atoms with Crippen molar-refractivity contribution in [3.05, 3.63) is 18.1 Å². The van der Waals surface area contributed by atoms with Crippen LogP contribution in [0, 0.1) is 6.92 Å². The standard InChI is InChI=1S/C9H15NOS/c1-3-10-5-7-12-9-4-6-11-8(9)2/h4,6,10H,3,5,7H2,1-2H3. The molecule has 2 nitrogen and oxygen atoms in total. The molecule has 0 amide bonds.